The fourth-order valence-corrected chi connectivity index (χ4v) is 2.69. The zero-order valence-corrected chi connectivity index (χ0v) is 10.8. The first-order chi connectivity index (χ1) is 8.31. The highest BCUT2D eigenvalue weighted by Crippen LogP contribution is 2.34. The molecule has 1 aromatic rings. The monoisotopic (exact) mass is 229 g/mol. The molecule has 1 aliphatic carbocycles. The third kappa shape index (κ3) is 3.12. The second kappa shape index (κ2) is 5.90. The fourth-order valence-electron chi connectivity index (χ4n) is 2.69. The molecule has 1 fully saturated rings. The molecular formula is C16H23N. The van der Waals surface area contributed by atoms with Crippen LogP contribution in [-0.2, 0) is 0 Å². The van der Waals surface area contributed by atoms with Gasteiger partial charge in [0.1, 0.15) is 0 Å². The summed E-state index contributed by atoms with van der Waals surface area (Å²) in [4.78, 5) is 0. The van der Waals surface area contributed by atoms with Crippen molar-refractivity contribution in [2.75, 3.05) is 11.9 Å². The van der Waals surface area contributed by atoms with Crippen molar-refractivity contribution in [2.24, 2.45) is 5.92 Å². The van der Waals surface area contributed by atoms with Gasteiger partial charge in [-0.05, 0) is 49.0 Å². The van der Waals surface area contributed by atoms with E-state index in [2.05, 4.69) is 43.1 Å². The molecule has 0 saturated heterocycles. The molecule has 2 rings (SSSR count). The lowest BCUT2D eigenvalue weighted by Gasteiger charge is -2.24. The highest BCUT2D eigenvalue weighted by atomic mass is 14.8. The van der Waals surface area contributed by atoms with Crippen LogP contribution in [0.25, 0.3) is 5.57 Å². The Morgan fingerprint density at radius 1 is 1.18 bits per heavy atom. The number of hydrogen-bond acceptors (Lipinski definition) is 1. The molecule has 0 bridgehead atoms. The van der Waals surface area contributed by atoms with Crippen molar-refractivity contribution >= 4 is 11.3 Å². The summed E-state index contributed by atoms with van der Waals surface area (Å²) in [5, 5.41) is 3.32. The SMILES string of the molecule is C=C(c1ccc(NCC)cc1)C1CCCCC1. The Bertz CT molecular complexity index is 358. The second-order valence-electron chi connectivity index (χ2n) is 4.97. The quantitative estimate of drug-likeness (QED) is 0.788. The minimum absolute atomic E-state index is 0.716. The molecule has 1 aliphatic rings. The van der Waals surface area contributed by atoms with Gasteiger partial charge in [0.05, 0.1) is 0 Å². The number of rotatable bonds is 4. The molecule has 1 N–H and O–H groups in total. The van der Waals surface area contributed by atoms with Gasteiger partial charge in [0.25, 0.3) is 0 Å². The lowest BCUT2D eigenvalue weighted by Crippen LogP contribution is -2.07. The normalized spacial score (nSPS) is 16.8. The first-order valence-electron chi connectivity index (χ1n) is 6.84. The van der Waals surface area contributed by atoms with Crippen molar-refractivity contribution in [3.8, 4) is 0 Å². The molecule has 0 aromatic heterocycles. The van der Waals surface area contributed by atoms with E-state index in [0.717, 1.165) is 6.54 Å². The molecule has 0 atom stereocenters. The lowest BCUT2D eigenvalue weighted by atomic mass is 9.82. The van der Waals surface area contributed by atoms with E-state index >= 15 is 0 Å². The maximum atomic E-state index is 4.30. The Kier molecular flexibility index (Phi) is 4.24. The highest BCUT2D eigenvalue weighted by molar-refractivity contribution is 5.67. The van der Waals surface area contributed by atoms with Crippen LogP contribution in [0.4, 0.5) is 5.69 Å². The number of anilines is 1. The Morgan fingerprint density at radius 2 is 1.82 bits per heavy atom. The van der Waals surface area contributed by atoms with E-state index in [1.165, 1.54) is 48.9 Å². The Hall–Kier alpha value is -1.24. The van der Waals surface area contributed by atoms with Gasteiger partial charge in [-0.1, -0.05) is 38.0 Å². The van der Waals surface area contributed by atoms with Crippen molar-refractivity contribution in [1.29, 1.82) is 0 Å². The molecule has 0 amide bonds. The highest BCUT2D eigenvalue weighted by Gasteiger charge is 2.17. The van der Waals surface area contributed by atoms with Gasteiger partial charge in [-0.3, -0.25) is 0 Å². The first kappa shape index (κ1) is 12.2. The Morgan fingerprint density at radius 3 is 2.41 bits per heavy atom. The van der Waals surface area contributed by atoms with Gasteiger partial charge in [-0.25, -0.2) is 0 Å². The predicted molar refractivity (Wildman–Crippen MR) is 76.2 cm³/mol. The standard InChI is InChI=1S/C16H23N/c1-3-17-16-11-9-15(10-12-16)13(2)14-7-5-4-6-8-14/h9-12,14,17H,2-8H2,1H3. The number of benzene rings is 1. The molecule has 92 valence electrons. The van der Waals surface area contributed by atoms with E-state index in [-0.39, 0.29) is 0 Å². The van der Waals surface area contributed by atoms with Crippen molar-refractivity contribution < 1.29 is 0 Å². The summed E-state index contributed by atoms with van der Waals surface area (Å²) in [6.07, 6.45) is 6.81. The van der Waals surface area contributed by atoms with Crippen LogP contribution in [0.2, 0.25) is 0 Å². The van der Waals surface area contributed by atoms with Crippen molar-refractivity contribution in [3.63, 3.8) is 0 Å². The zero-order chi connectivity index (χ0) is 12.1. The average molecular weight is 229 g/mol. The van der Waals surface area contributed by atoms with E-state index in [0.29, 0.717) is 5.92 Å². The fraction of sp³-hybridized carbons (Fsp3) is 0.500. The number of nitrogens with one attached hydrogen (secondary N) is 1. The van der Waals surface area contributed by atoms with Crippen molar-refractivity contribution in [2.45, 2.75) is 39.0 Å². The second-order valence-corrected chi connectivity index (χ2v) is 4.97. The summed E-state index contributed by atoms with van der Waals surface area (Å²) < 4.78 is 0. The average Bonchev–Trinajstić information content (AvgIpc) is 2.40. The van der Waals surface area contributed by atoms with E-state index in [1.807, 2.05) is 0 Å². The van der Waals surface area contributed by atoms with Gasteiger partial charge >= 0.3 is 0 Å². The summed E-state index contributed by atoms with van der Waals surface area (Å²) in [6.45, 7) is 7.40. The summed E-state index contributed by atoms with van der Waals surface area (Å²) in [7, 11) is 0. The van der Waals surface area contributed by atoms with Crippen molar-refractivity contribution in [3.05, 3.63) is 36.4 Å². The topological polar surface area (TPSA) is 12.0 Å². The largest absolute Gasteiger partial charge is 0.385 e. The first-order valence-corrected chi connectivity index (χ1v) is 6.84. The van der Waals surface area contributed by atoms with Crippen molar-refractivity contribution in [1.82, 2.24) is 0 Å². The van der Waals surface area contributed by atoms with Crippen LogP contribution < -0.4 is 5.32 Å². The van der Waals surface area contributed by atoms with E-state index in [4.69, 9.17) is 0 Å². The van der Waals surface area contributed by atoms with Gasteiger partial charge < -0.3 is 5.32 Å². The summed E-state index contributed by atoms with van der Waals surface area (Å²) >= 11 is 0. The predicted octanol–water partition coefficient (Wildman–Crippen LogP) is 4.71. The molecular weight excluding hydrogens is 206 g/mol. The molecule has 0 radical (unpaired) electrons. The zero-order valence-electron chi connectivity index (χ0n) is 10.8. The molecule has 1 heteroatoms. The Balaban J connectivity index is 2.03. The third-order valence-corrected chi connectivity index (χ3v) is 3.73. The number of hydrogen-bond donors (Lipinski definition) is 1. The van der Waals surface area contributed by atoms with Crippen LogP contribution in [-0.4, -0.2) is 6.54 Å². The van der Waals surface area contributed by atoms with Crippen LogP contribution >= 0.6 is 0 Å². The molecule has 1 aromatic carbocycles. The van der Waals surface area contributed by atoms with Gasteiger partial charge in [0, 0.05) is 12.2 Å². The van der Waals surface area contributed by atoms with Crippen LogP contribution in [0, 0.1) is 5.92 Å². The molecule has 1 saturated carbocycles. The minimum Gasteiger partial charge on any atom is -0.385 e. The molecule has 0 aliphatic heterocycles. The summed E-state index contributed by atoms with van der Waals surface area (Å²) in [5.41, 5.74) is 3.86. The Labute approximate surface area is 105 Å². The number of allylic oxidation sites excluding steroid dienone is 1. The molecule has 0 spiro atoms. The van der Waals surface area contributed by atoms with E-state index < -0.39 is 0 Å². The van der Waals surface area contributed by atoms with E-state index in [9.17, 15) is 0 Å². The third-order valence-electron chi connectivity index (χ3n) is 3.73. The van der Waals surface area contributed by atoms with Gasteiger partial charge in [0.2, 0.25) is 0 Å². The van der Waals surface area contributed by atoms with E-state index in [1.54, 1.807) is 0 Å². The van der Waals surface area contributed by atoms with Gasteiger partial charge in [-0.2, -0.15) is 0 Å². The maximum absolute atomic E-state index is 4.30. The smallest absolute Gasteiger partial charge is 0.0340 e. The van der Waals surface area contributed by atoms with Crippen LogP contribution in [0.5, 0.6) is 0 Å². The molecule has 0 unspecified atom stereocenters. The van der Waals surface area contributed by atoms with Gasteiger partial charge in [-0.15, -0.1) is 0 Å². The van der Waals surface area contributed by atoms with Crippen LogP contribution in [0.15, 0.2) is 30.8 Å². The maximum Gasteiger partial charge on any atom is 0.0340 e. The molecule has 17 heavy (non-hydrogen) atoms. The van der Waals surface area contributed by atoms with Crippen LogP contribution in [0.3, 0.4) is 0 Å². The lowest BCUT2D eigenvalue weighted by molar-refractivity contribution is 0.430. The van der Waals surface area contributed by atoms with Crippen LogP contribution in [0.1, 0.15) is 44.6 Å². The van der Waals surface area contributed by atoms with Gasteiger partial charge in [0.15, 0.2) is 0 Å². The summed E-state index contributed by atoms with van der Waals surface area (Å²) in [5.74, 6) is 0.716. The minimum atomic E-state index is 0.716. The molecule has 0 heterocycles. The molecule has 1 nitrogen and oxygen atoms in total. The summed E-state index contributed by atoms with van der Waals surface area (Å²) in [6, 6.07) is 8.73.